The normalized spacial score (nSPS) is 17.3. The molecule has 0 unspecified atom stereocenters. The first-order chi connectivity index (χ1) is 15.0. The number of rotatable bonds is 6. The largest absolute Gasteiger partial charge is 0.497 e. The number of halogens is 1. The van der Waals surface area contributed by atoms with Crippen molar-refractivity contribution in [1.82, 2.24) is 9.91 Å². The fourth-order valence-electron chi connectivity index (χ4n) is 3.76. The van der Waals surface area contributed by atoms with Crippen molar-refractivity contribution in [2.24, 2.45) is 5.10 Å². The minimum atomic E-state index is -0.329. The Morgan fingerprint density at radius 1 is 1.06 bits per heavy atom. The van der Waals surface area contributed by atoms with Gasteiger partial charge in [-0.3, -0.25) is 9.69 Å². The molecule has 1 saturated heterocycles. The van der Waals surface area contributed by atoms with Crippen molar-refractivity contribution < 1.29 is 9.53 Å². The number of amides is 1. The van der Waals surface area contributed by atoms with E-state index in [2.05, 4.69) is 17.0 Å². The van der Waals surface area contributed by atoms with Gasteiger partial charge in [-0.15, -0.1) is 0 Å². The maximum Gasteiger partial charge on any atom is 0.258 e. The van der Waals surface area contributed by atoms with Crippen molar-refractivity contribution in [3.8, 4) is 5.75 Å². The second-order valence-electron chi connectivity index (χ2n) is 7.47. The molecular weight excluding hydrogens is 410 g/mol. The van der Waals surface area contributed by atoms with Gasteiger partial charge in [-0.25, -0.2) is 5.01 Å². The molecule has 4 rings (SSSR count). The van der Waals surface area contributed by atoms with E-state index in [9.17, 15) is 4.79 Å². The SMILES string of the molecule is COc1cccc([C@@H]2N(Cc3ccccc3)CC(=O)N2/N=C(/C)c2ccc(Cl)cc2)c1. The molecule has 5 nitrogen and oxygen atoms in total. The van der Waals surface area contributed by atoms with E-state index in [1.54, 1.807) is 12.1 Å². The number of benzene rings is 3. The molecule has 31 heavy (non-hydrogen) atoms. The number of carbonyl (C=O) groups is 1. The molecule has 0 N–H and O–H groups in total. The van der Waals surface area contributed by atoms with Crippen LogP contribution >= 0.6 is 11.6 Å². The van der Waals surface area contributed by atoms with Crippen LogP contribution in [-0.2, 0) is 11.3 Å². The van der Waals surface area contributed by atoms with Crippen LogP contribution in [0.4, 0.5) is 0 Å². The summed E-state index contributed by atoms with van der Waals surface area (Å²) in [6, 6.07) is 25.4. The third-order valence-corrected chi connectivity index (χ3v) is 5.56. The summed E-state index contributed by atoms with van der Waals surface area (Å²) in [6.07, 6.45) is -0.329. The number of carbonyl (C=O) groups excluding carboxylic acids is 1. The lowest BCUT2D eigenvalue weighted by molar-refractivity contribution is -0.128. The molecule has 1 aliphatic rings. The second kappa shape index (κ2) is 9.33. The molecule has 1 fully saturated rings. The van der Waals surface area contributed by atoms with Gasteiger partial charge in [0.15, 0.2) is 0 Å². The monoisotopic (exact) mass is 433 g/mol. The highest BCUT2D eigenvalue weighted by Crippen LogP contribution is 2.34. The van der Waals surface area contributed by atoms with Gasteiger partial charge in [0.25, 0.3) is 5.91 Å². The van der Waals surface area contributed by atoms with Gasteiger partial charge in [0.05, 0.1) is 19.4 Å². The third-order valence-electron chi connectivity index (χ3n) is 5.31. The second-order valence-corrected chi connectivity index (χ2v) is 7.91. The Morgan fingerprint density at radius 3 is 2.52 bits per heavy atom. The fraction of sp³-hybridized carbons (Fsp3) is 0.200. The van der Waals surface area contributed by atoms with E-state index in [1.165, 1.54) is 0 Å². The van der Waals surface area contributed by atoms with Crippen LogP contribution in [0.2, 0.25) is 5.02 Å². The van der Waals surface area contributed by atoms with Gasteiger partial charge in [0.2, 0.25) is 0 Å². The summed E-state index contributed by atoms with van der Waals surface area (Å²) in [6.45, 7) is 2.83. The highest BCUT2D eigenvalue weighted by atomic mass is 35.5. The van der Waals surface area contributed by atoms with Crippen molar-refractivity contribution in [2.45, 2.75) is 19.6 Å². The van der Waals surface area contributed by atoms with E-state index < -0.39 is 0 Å². The van der Waals surface area contributed by atoms with Crippen molar-refractivity contribution in [1.29, 1.82) is 0 Å². The molecule has 1 amide bonds. The Labute approximate surface area is 187 Å². The summed E-state index contributed by atoms with van der Waals surface area (Å²) in [5.74, 6) is 0.701. The molecule has 3 aromatic carbocycles. The van der Waals surface area contributed by atoms with Crippen LogP contribution in [0.1, 0.15) is 29.8 Å². The molecule has 0 spiro atoms. The van der Waals surface area contributed by atoms with Crippen LogP contribution in [0.25, 0.3) is 0 Å². The highest BCUT2D eigenvalue weighted by Gasteiger charge is 2.39. The smallest absolute Gasteiger partial charge is 0.258 e. The molecule has 158 valence electrons. The van der Waals surface area contributed by atoms with E-state index in [1.807, 2.05) is 73.7 Å². The molecule has 6 heteroatoms. The van der Waals surface area contributed by atoms with Crippen LogP contribution in [0.3, 0.4) is 0 Å². The molecule has 0 saturated carbocycles. The first kappa shape index (κ1) is 21.1. The van der Waals surface area contributed by atoms with Gasteiger partial charge in [-0.2, -0.15) is 5.10 Å². The van der Waals surface area contributed by atoms with Gasteiger partial charge in [0.1, 0.15) is 11.9 Å². The molecule has 0 radical (unpaired) electrons. The van der Waals surface area contributed by atoms with Crippen LogP contribution in [-0.4, -0.2) is 35.2 Å². The maximum atomic E-state index is 13.1. The average Bonchev–Trinajstić information content (AvgIpc) is 3.09. The Bertz CT molecular complexity index is 1080. The third kappa shape index (κ3) is 4.79. The zero-order valence-electron chi connectivity index (χ0n) is 17.5. The maximum absolute atomic E-state index is 13.1. The lowest BCUT2D eigenvalue weighted by atomic mass is 10.1. The molecule has 1 heterocycles. The van der Waals surface area contributed by atoms with Crippen LogP contribution in [0, 0.1) is 0 Å². The van der Waals surface area contributed by atoms with Gasteiger partial charge < -0.3 is 4.74 Å². The van der Waals surface area contributed by atoms with E-state index in [4.69, 9.17) is 21.4 Å². The van der Waals surface area contributed by atoms with Crippen LogP contribution in [0.5, 0.6) is 5.75 Å². The molecule has 0 bridgehead atoms. The zero-order chi connectivity index (χ0) is 21.8. The standard InChI is InChI=1S/C25H24ClN3O2/c1-18(20-11-13-22(26)14-12-20)27-29-24(30)17-28(16-19-7-4-3-5-8-19)25(29)21-9-6-10-23(15-21)31-2/h3-15,25H,16-17H2,1-2H3/b27-18-/t25-/m1/s1. The quantitative estimate of drug-likeness (QED) is 0.507. The summed E-state index contributed by atoms with van der Waals surface area (Å²) < 4.78 is 5.42. The number of hydrogen-bond acceptors (Lipinski definition) is 4. The van der Waals surface area contributed by atoms with Crippen molar-refractivity contribution in [2.75, 3.05) is 13.7 Å². The molecule has 0 aliphatic carbocycles. The van der Waals surface area contributed by atoms with Gasteiger partial charge >= 0.3 is 0 Å². The number of methoxy groups -OCH3 is 1. The van der Waals surface area contributed by atoms with E-state index in [0.29, 0.717) is 11.6 Å². The van der Waals surface area contributed by atoms with E-state index >= 15 is 0 Å². The molecule has 0 aromatic heterocycles. The Kier molecular flexibility index (Phi) is 6.35. The fourth-order valence-corrected chi connectivity index (χ4v) is 3.89. The lowest BCUT2D eigenvalue weighted by Crippen LogP contribution is -2.29. The topological polar surface area (TPSA) is 45.1 Å². The first-order valence-electron chi connectivity index (χ1n) is 10.1. The van der Waals surface area contributed by atoms with Gasteiger partial charge in [-0.1, -0.05) is 66.2 Å². The van der Waals surface area contributed by atoms with Crippen molar-refractivity contribution in [3.63, 3.8) is 0 Å². The lowest BCUT2D eigenvalue weighted by Gasteiger charge is -2.28. The predicted molar refractivity (Wildman–Crippen MR) is 123 cm³/mol. The summed E-state index contributed by atoms with van der Waals surface area (Å²) >= 11 is 6.01. The number of ether oxygens (including phenoxy) is 1. The molecule has 1 atom stereocenters. The van der Waals surface area contributed by atoms with E-state index in [0.717, 1.165) is 28.2 Å². The first-order valence-corrected chi connectivity index (χ1v) is 10.5. The highest BCUT2D eigenvalue weighted by molar-refractivity contribution is 6.30. The Balaban J connectivity index is 1.71. The van der Waals surface area contributed by atoms with Gasteiger partial charge in [-0.05, 0) is 47.9 Å². The van der Waals surface area contributed by atoms with Gasteiger partial charge in [0, 0.05) is 11.6 Å². The average molecular weight is 434 g/mol. The van der Waals surface area contributed by atoms with Crippen LogP contribution in [0.15, 0.2) is 84.0 Å². The Morgan fingerprint density at radius 2 is 1.81 bits per heavy atom. The number of nitrogens with zero attached hydrogens (tertiary/aromatic N) is 3. The Hall–Kier alpha value is -3.15. The summed E-state index contributed by atoms with van der Waals surface area (Å²) in [5.41, 5.74) is 3.76. The molecular formula is C25H24ClN3O2. The van der Waals surface area contributed by atoms with E-state index in [-0.39, 0.29) is 18.6 Å². The minimum absolute atomic E-state index is 0.0444. The zero-order valence-corrected chi connectivity index (χ0v) is 18.3. The van der Waals surface area contributed by atoms with Crippen LogP contribution < -0.4 is 4.74 Å². The summed E-state index contributed by atoms with van der Waals surface area (Å²) in [5, 5.41) is 6.99. The van der Waals surface area contributed by atoms with Crippen molar-refractivity contribution >= 4 is 23.2 Å². The number of hydrazone groups is 1. The molecule has 1 aliphatic heterocycles. The minimum Gasteiger partial charge on any atom is -0.497 e. The molecule has 3 aromatic rings. The number of hydrogen-bond donors (Lipinski definition) is 0. The summed E-state index contributed by atoms with van der Waals surface area (Å²) in [7, 11) is 1.64. The summed E-state index contributed by atoms with van der Waals surface area (Å²) in [4.78, 5) is 15.2. The predicted octanol–water partition coefficient (Wildman–Crippen LogP) is 5.12. The van der Waals surface area contributed by atoms with Crippen molar-refractivity contribution in [3.05, 3.63) is 101 Å².